The Morgan fingerprint density at radius 1 is 1.10 bits per heavy atom. The molecule has 1 amide bonds. The van der Waals surface area contributed by atoms with Crippen LogP contribution in [0, 0.1) is 5.82 Å². The number of benzene rings is 2. The van der Waals surface area contributed by atoms with Crippen molar-refractivity contribution < 1.29 is 9.18 Å². The summed E-state index contributed by atoms with van der Waals surface area (Å²) in [6.45, 7) is 0.993. The van der Waals surface area contributed by atoms with Gasteiger partial charge in [-0.15, -0.1) is 0 Å². The van der Waals surface area contributed by atoms with Crippen LogP contribution in [0.25, 0.3) is 11.0 Å². The standard InChI is InChI=1S/C23H23ClFN3O/c24-18-8-5-9-19(25)17(18)14-28-21-11-4-3-10-20(21)26-23(28)15-12-22(29)27(13-15)16-6-1-2-7-16/h3-5,8-11,15-16H,1-2,6-7,12-14H2. The molecule has 1 atom stereocenters. The van der Waals surface area contributed by atoms with Gasteiger partial charge in [0.2, 0.25) is 5.91 Å². The van der Waals surface area contributed by atoms with Gasteiger partial charge in [-0.05, 0) is 37.1 Å². The molecule has 4 nitrogen and oxygen atoms in total. The normalized spacial score (nSPS) is 20.3. The zero-order chi connectivity index (χ0) is 20.0. The number of likely N-dealkylation sites (tertiary alicyclic amines) is 1. The molecule has 5 rings (SSSR count). The highest BCUT2D eigenvalue weighted by Crippen LogP contribution is 2.35. The molecule has 1 aromatic heterocycles. The summed E-state index contributed by atoms with van der Waals surface area (Å²) in [5.41, 5.74) is 2.26. The van der Waals surface area contributed by atoms with Crippen molar-refractivity contribution in [1.82, 2.24) is 14.5 Å². The van der Waals surface area contributed by atoms with E-state index in [0.717, 1.165) is 29.7 Å². The molecule has 2 fully saturated rings. The van der Waals surface area contributed by atoms with E-state index in [-0.39, 0.29) is 17.6 Å². The molecule has 2 aliphatic rings. The summed E-state index contributed by atoms with van der Waals surface area (Å²) in [5, 5.41) is 0.406. The maximum Gasteiger partial charge on any atom is 0.223 e. The van der Waals surface area contributed by atoms with Crippen molar-refractivity contribution >= 4 is 28.5 Å². The molecule has 1 saturated carbocycles. The molecule has 1 aliphatic carbocycles. The Morgan fingerprint density at radius 2 is 1.90 bits per heavy atom. The number of halogens is 2. The van der Waals surface area contributed by atoms with Gasteiger partial charge in [0.1, 0.15) is 11.6 Å². The van der Waals surface area contributed by atoms with Crippen molar-refractivity contribution in [3.8, 4) is 0 Å². The van der Waals surface area contributed by atoms with E-state index >= 15 is 0 Å². The molecule has 3 aromatic rings. The molecule has 2 heterocycles. The first-order chi connectivity index (χ1) is 14.1. The smallest absolute Gasteiger partial charge is 0.223 e. The summed E-state index contributed by atoms with van der Waals surface area (Å²) in [5.74, 6) is 0.751. The van der Waals surface area contributed by atoms with E-state index in [2.05, 4.69) is 4.90 Å². The number of aromatic nitrogens is 2. The lowest BCUT2D eigenvalue weighted by molar-refractivity contribution is -0.129. The van der Waals surface area contributed by atoms with Gasteiger partial charge < -0.3 is 9.47 Å². The van der Waals surface area contributed by atoms with E-state index in [1.165, 1.54) is 18.9 Å². The molecule has 0 radical (unpaired) electrons. The van der Waals surface area contributed by atoms with Crippen LogP contribution in [0.1, 0.15) is 49.4 Å². The highest BCUT2D eigenvalue weighted by molar-refractivity contribution is 6.31. The minimum absolute atomic E-state index is 0.0149. The SMILES string of the molecule is O=C1CC(c2nc3ccccc3n2Cc2c(F)cccc2Cl)CN1C1CCCC1. The molecule has 6 heteroatoms. The monoisotopic (exact) mass is 411 g/mol. The van der Waals surface area contributed by atoms with E-state index < -0.39 is 0 Å². The van der Waals surface area contributed by atoms with Gasteiger partial charge in [-0.1, -0.05) is 42.6 Å². The second-order valence-electron chi connectivity index (χ2n) is 8.13. The first-order valence-electron chi connectivity index (χ1n) is 10.3. The van der Waals surface area contributed by atoms with Crippen LogP contribution in [-0.2, 0) is 11.3 Å². The molecule has 150 valence electrons. The number of nitrogens with zero attached hydrogens (tertiary/aromatic N) is 3. The maximum absolute atomic E-state index is 14.5. The van der Waals surface area contributed by atoms with Crippen molar-refractivity contribution in [3.05, 3.63) is 64.7 Å². The average molecular weight is 412 g/mol. The van der Waals surface area contributed by atoms with Crippen molar-refractivity contribution in [3.63, 3.8) is 0 Å². The van der Waals surface area contributed by atoms with Gasteiger partial charge in [-0.2, -0.15) is 0 Å². The molecule has 2 aromatic carbocycles. The number of para-hydroxylation sites is 2. The minimum atomic E-state index is -0.323. The molecule has 1 unspecified atom stereocenters. The Morgan fingerprint density at radius 3 is 2.69 bits per heavy atom. The van der Waals surface area contributed by atoms with Gasteiger partial charge in [0.15, 0.2) is 0 Å². The fraction of sp³-hybridized carbons (Fsp3) is 0.391. The third-order valence-electron chi connectivity index (χ3n) is 6.35. The summed E-state index contributed by atoms with van der Waals surface area (Å²) in [6.07, 6.45) is 5.05. The summed E-state index contributed by atoms with van der Waals surface area (Å²) < 4.78 is 16.5. The maximum atomic E-state index is 14.5. The van der Waals surface area contributed by atoms with Gasteiger partial charge in [0, 0.05) is 35.5 Å². The van der Waals surface area contributed by atoms with Crippen LogP contribution >= 0.6 is 11.6 Å². The molecular weight excluding hydrogens is 389 g/mol. The minimum Gasteiger partial charge on any atom is -0.339 e. The van der Waals surface area contributed by atoms with Crippen LogP contribution in [0.4, 0.5) is 4.39 Å². The third-order valence-corrected chi connectivity index (χ3v) is 6.71. The Kier molecular flexibility index (Phi) is 4.78. The molecule has 1 saturated heterocycles. The van der Waals surface area contributed by atoms with Gasteiger partial charge in [-0.3, -0.25) is 4.79 Å². The zero-order valence-electron chi connectivity index (χ0n) is 16.2. The van der Waals surface area contributed by atoms with E-state index in [4.69, 9.17) is 16.6 Å². The lowest BCUT2D eigenvalue weighted by atomic mass is 10.1. The number of fused-ring (bicyclic) bond motifs is 1. The fourth-order valence-electron chi connectivity index (χ4n) is 4.89. The first-order valence-corrected chi connectivity index (χ1v) is 10.7. The summed E-state index contributed by atoms with van der Waals surface area (Å²) in [7, 11) is 0. The molecule has 1 aliphatic heterocycles. The van der Waals surface area contributed by atoms with E-state index in [1.807, 2.05) is 28.8 Å². The number of amides is 1. The quantitative estimate of drug-likeness (QED) is 0.596. The predicted octanol–water partition coefficient (Wildman–Crippen LogP) is 5.14. The lowest BCUT2D eigenvalue weighted by Gasteiger charge is -2.24. The van der Waals surface area contributed by atoms with Crippen molar-refractivity contribution in [2.24, 2.45) is 0 Å². The molecule has 0 spiro atoms. The number of imidazole rings is 1. The first kappa shape index (κ1) is 18.6. The molecular formula is C23H23ClFN3O. The van der Waals surface area contributed by atoms with Crippen LogP contribution in [-0.4, -0.2) is 32.9 Å². The van der Waals surface area contributed by atoms with E-state index in [0.29, 0.717) is 36.1 Å². The van der Waals surface area contributed by atoms with Crippen molar-refractivity contribution in [2.45, 2.75) is 50.6 Å². The highest BCUT2D eigenvalue weighted by Gasteiger charge is 2.38. The van der Waals surface area contributed by atoms with Gasteiger partial charge >= 0.3 is 0 Å². The predicted molar refractivity (Wildman–Crippen MR) is 112 cm³/mol. The number of carbonyl (C=O) groups excluding carboxylic acids is 1. The highest BCUT2D eigenvalue weighted by atomic mass is 35.5. The van der Waals surface area contributed by atoms with Gasteiger partial charge in [0.05, 0.1) is 17.6 Å². The Labute approximate surface area is 174 Å². The van der Waals surface area contributed by atoms with Gasteiger partial charge in [-0.25, -0.2) is 9.37 Å². The topological polar surface area (TPSA) is 38.1 Å². The summed E-state index contributed by atoms with van der Waals surface area (Å²) >= 11 is 6.31. The van der Waals surface area contributed by atoms with Crippen LogP contribution in [0.2, 0.25) is 5.02 Å². The van der Waals surface area contributed by atoms with Gasteiger partial charge in [0.25, 0.3) is 0 Å². The Bertz CT molecular complexity index is 1050. The van der Waals surface area contributed by atoms with E-state index in [9.17, 15) is 9.18 Å². The molecule has 0 N–H and O–H groups in total. The van der Waals surface area contributed by atoms with Crippen LogP contribution in [0.5, 0.6) is 0 Å². The second kappa shape index (κ2) is 7.45. The third kappa shape index (κ3) is 3.31. The number of carbonyl (C=O) groups is 1. The summed E-state index contributed by atoms with van der Waals surface area (Å²) in [4.78, 5) is 19.7. The van der Waals surface area contributed by atoms with E-state index in [1.54, 1.807) is 12.1 Å². The number of rotatable bonds is 4. The Hall–Kier alpha value is -2.40. The van der Waals surface area contributed by atoms with Crippen LogP contribution < -0.4 is 0 Å². The fourth-order valence-corrected chi connectivity index (χ4v) is 5.11. The summed E-state index contributed by atoms with van der Waals surface area (Å²) in [6, 6.07) is 13.0. The molecule has 0 bridgehead atoms. The van der Waals surface area contributed by atoms with Crippen LogP contribution in [0.3, 0.4) is 0 Å². The zero-order valence-corrected chi connectivity index (χ0v) is 16.9. The van der Waals surface area contributed by atoms with Crippen molar-refractivity contribution in [2.75, 3.05) is 6.54 Å². The number of hydrogen-bond donors (Lipinski definition) is 0. The molecule has 29 heavy (non-hydrogen) atoms. The van der Waals surface area contributed by atoms with Crippen molar-refractivity contribution in [1.29, 1.82) is 0 Å². The van der Waals surface area contributed by atoms with Crippen LogP contribution in [0.15, 0.2) is 42.5 Å². The second-order valence-corrected chi connectivity index (χ2v) is 8.54. The average Bonchev–Trinajstić information content (AvgIpc) is 3.43. The largest absolute Gasteiger partial charge is 0.339 e. The lowest BCUT2D eigenvalue weighted by Crippen LogP contribution is -2.34. The Balaban J connectivity index is 1.54. The number of hydrogen-bond acceptors (Lipinski definition) is 2.